The molecule has 0 radical (unpaired) electrons. The molecule has 0 aliphatic carbocycles. The minimum atomic E-state index is -1.42. The van der Waals surface area contributed by atoms with E-state index in [0.29, 0.717) is 17.0 Å². The molecule has 0 amide bonds. The van der Waals surface area contributed by atoms with Crippen LogP contribution in [0, 0.1) is 0 Å². The first-order valence-corrected chi connectivity index (χ1v) is 10.8. The fourth-order valence-electron chi connectivity index (χ4n) is 4.04. The second kappa shape index (κ2) is 9.83. The number of aliphatic hydroxyl groups excluding tert-OH is 4. The molecule has 2 aromatic rings. The normalized spacial score (nSPS) is 31.0. The first kappa shape index (κ1) is 22.5. The first-order chi connectivity index (χ1) is 15.0. The number of rotatable bonds is 6. The second-order valence-corrected chi connectivity index (χ2v) is 8.49. The fourth-order valence-corrected chi connectivity index (χ4v) is 4.22. The Morgan fingerprint density at radius 3 is 2.48 bits per heavy atom. The SMILES string of the molecule is OC[C@H]1O[C@@H](c2ccc(Cl)c(Cc3ccc(O[C@H]4CC[OH+]C4)cc3)c2)[C@H](O)[C@@H](O)[C@@H]1O. The predicted molar refractivity (Wildman–Crippen MR) is 114 cm³/mol. The van der Waals surface area contributed by atoms with E-state index in [4.69, 9.17) is 21.1 Å². The maximum Gasteiger partial charge on any atom is 0.182 e. The van der Waals surface area contributed by atoms with Crippen LogP contribution in [0.2, 0.25) is 5.02 Å². The van der Waals surface area contributed by atoms with E-state index in [2.05, 4.69) is 4.74 Å². The Morgan fingerprint density at radius 1 is 1.03 bits per heavy atom. The van der Waals surface area contributed by atoms with Crippen molar-refractivity contribution < 1.29 is 34.6 Å². The lowest BCUT2D eigenvalue weighted by Crippen LogP contribution is -2.55. The molecule has 0 aromatic heterocycles. The van der Waals surface area contributed by atoms with Crippen LogP contribution in [-0.2, 0) is 11.2 Å². The molecule has 0 saturated carbocycles. The van der Waals surface area contributed by atoms with Crippen molar-refractivity contribution in [1.29, 1.82) is 0 Å². The van der Waals surface area contributed by atoms with Gasteiger partial charge in [-0.25, -0.2) is 0 Å². The lowest BCUT2D eigenvalue weighted by molar-refractivity contribution is -0.231. The van der Waals surface area contributed by atoms with E-state index in [1.54, 1.807) is 12.1 Å². The van der Waals surface area contributed by atoms with Crippen LogP contribution >= 0.6 is 11.6 Å². The van der Waals surface area contributed by atoms with Gasteiger partial charge in [-0.15, -0.1) is 0 Å². The lowest BCUT2D eigenvalue weighted by Gasteiger charge is -2.40. The van der Waals surface area contributed by atoms with E-state index in [1.807, 2.05) is 30.3 Å². The minimum absolute atomic E-state index is 0.149. The summed E-state index contributed by atoms with van der Waals surface area (Å²) in [5.74, 6) is 0.812. The van der Waals surface area contributed by atoms with Gasteiger partial charge in [0.25, 0.3) is 0 Å². The summed E-state index contributed by atoms with van der Waals surface area (Å²) in [4.78, 5) is 0. The highest BCUT2D eigenvalue weighted by Gasteiger charge is 2.44. The van der Waals surface area contributed by atoms with Crippen LogP contribution in [0.3, 0.4) is 0 Å². The highest BCUT2D eigenvalue weighted by atomic mass is 35.5. The fraction of sp³-hybridized carbons (Fsp3) is 0.478. The van der Waals surface area contributed by atoms with Gasteiger partial charge in [0.15, 0.2) is 12.7 Å². The number of aliphatic hydroxyl groups is 6. The molecule has 168 valence electrons. The van der Waals surface area contributed by atoms with Crippen molar-refractivity contribution in [2.45, 2.75) is 49.5 Å². The monoisotopic (exact) mass is 451 g/mol. The van der Waals surface area contributed by atoms with Gasteiger partial charge >= 0.3 is 0 Å². The van der Waals surface area contributed by atoms with E-state index in [9.17, 15) is 20.4 Å². The highest BCUT2D eigenvalue weighted by molar-refractivity contribution is 6.31. The van der Waals surface area contributed by atoms with E-state index in [-0.39, 0.29) is 6.10 Å². The molecule has 2 fully saturated rings. The lowest BCUT2D eigenvalue weighted by atomic mass is 9.90. The zero-order valence-corrected chi connectivity index (χ0v) is 17.7. The Morgan fingerprint density at radius 2 is 1.81 bits per heavy atom. The molecule has 0 bridgehead atoms. The number of hydrogen-bond donors (Lipinski definition) is 4. The van der Waals surface area contributed by atoms with E-state index in [0.717, 1.165) is 36.5 Å². The topological polar surface area (TPSA) is 112 Å². The van der Waals surface area contributed by atoms with Crippen molar-refractivity contribution in [3.63, 3.8) is 0 Å². The molecule has 6 atom stereocenters. The second-order valence-electron chi connectivity index (χ2n) is 8.08. The Hall–Kier alpha value is -1.71. The Labute approximate surface area is 185 Å². The van der Waals surface area contributed by atoms with Gasteiger partial charge in [0, 0.05) is 5.02 Å². The average molecular weight is 452 g/mol. The molecule has 2 heterocycles. The molecule has 31 heavy (non-hydrogen) atoms. The number of ether oxygens (including phenoxy) is 3. The summed E-state index contributed by atoms with van der Waals surface area (Å²) < 4.78 is 15.9. The van der Waals surface area contributed by atoms with Crippen LogP contribution in [0.25, 0.3) is 0 Å². The van der Waals surface area contributed by atoms with E-state index < -0.39 is 37.1 Å². The molecule has 7 nitrogen and oxygen atoms in total. The molecule has 2 aromatic carbocycles. The van der Waals surface area contributed by atoms with Gasteiger partial charge in [-0.2, -0.15) is 0 Å². The summed E-state index contributed by atoms with van der Waals surface area (Å²) in [6.45, 7) is 1.12. The zero-order chi connectivity index (χ0) is 22.0. The van der Waals surface area contributed by atoms with Gasteiger partial charge in [-0.3, -0.25) is 0 Å². The number of benzene rings is 2. The van der Waals surface area contributed by atoms with Gasteiger partial charge < -0.3 is 34.6 Å². The maximum atomic E-state index is 10.4. The smallest absolute Gasteiger partial charge is 0.182 e. The van der Waals surface area contributed by atoms with Crippen molar-refractivity contribution in [1.82, 2.24) is 0 Å². The summed E-state index contributed by atoms with van der Waals surface area (Å²) in [6, 6.07) is 13.1. The van der Waals surface area contributed by atoms with Crippen molar-refractivity contribution in [3.8, 4) is 5.75 Å². The number of halogens is 1. The van der Waals surface area contributed by atoms with Crippen molar-refractivity contribution in [3.05, 3.63) is 64.2 Å². The molecular formula is C23H28ClO7+. The molecule has 0 unspecified atom stereocenters. The molecular weight excluding hydrogens is 424 g/mol. The Kier molecular flexibility index (Phi) is 7.13. The molecule has 2 saturated heterocycles. The molecule has 5 N–H and O–H groups in total. The summed E-state index contributed by atoms with van der Waals surface area (Å²) in [6.07, 6.45) is -4.33. The molecule has 0 spiro atoms. The number of hydrogen-bond acceptors (Lipinski definition) is 6. The van der Waals surface area contributed by atoms with Crippen LogP contribution in [0.4, 0.5) is 0 Å². The average Bonchev–Trinajstić information content (AvgIpc) is 3.28. The third kappa shape index (κ3) is 5.04. The Balaban J connectivity index is 1.49. The quantitative estimate of drug-likeness (QED) is 0.490. The summed E-state index contributed by atoms with van der Waals surface area (Å²) >= 11 is 6.41. The molecule has 2 aliphatic rings. The Bertz CT molecular complexity index is 867. The van der Waals surface area contributed by atoms with E-state index in [1.165, 1.54) is 0 Å². The minimum Gasteiger partial charge on any atom is -0.482 e. The van der Waals surface area contributed by atoms with Gasteiger partial charge in [0.2, 0.25) is 0 Å². The van der Waals surface area contributed by atoms with E-state index >= 15 is 0 Å². The van der Waals surface area contributed by atoms with Crippen LogP contribution in [0.15, 0.2) is 42.5 Å². The summed E-state index contributed by atoms with van der Waals surface area (Å²) in [7, 11) is 0. The first-order valence-electron chi connectivity index (χ1n) is 10.4. The zero-order valence-electron chi connectivity index (χ0n) is 17.0. The van der Waals surface area contributed by atoms with Gasteiger partial charge in [-0.05, 0) is 41.3 Å². The third-order valence-corrected chi connectivity index (χ3v) is 6.22. The summed E-state index contributed by atoms with van der Waals surface area (Å²) in [5.41, 5.74) is 2.48. The van der Waals surface area contributed by atoms with Crippen LogP contribution < -0.4 is 4.74 Å². The van der Waals surface area contributed by atoms with Crippen molar-refractivity contribution >= 4 is 11.6 Å². The molecule has 2 aliphatic heterocycles. The van der Waals surface area contributed by atoms with Gasteiger partial charge in [0.1, 0.15) is 42.9 Å². The van der Waals surface area contributed by atoms with Gasteiger partial charge in [0.05, 0.1) is 13.0 Å². The van der Waals surface area contributed by atoms with Crippen molar-refractivity contribution in [2.75, 3.05) is 19.8 Å². The molecule has 8 heteroatoms. The predicted octanol–water partition coefficient (Wildman–Crippen LogP) is 1.12. The highest BCUT2D eigenvalue weighted by Crippen LogP contribution is 2.34. The largest absolute Gasteiger partial charge is 0.482 e. The van der Waals surface area contributed by atoms with Crippen LogP contribution in [-0.4, -0.2) is 75.5 Å². The maximum absolute atomic E-state index is 10.4. The third-order valence-electron chi connectivity index (χ3n) is 5.85. The van der Waals surface area contributed by atoms with Crippen LogP contribution in [0.5, 0.6) is 5.75 Å². The molecule has 4 rings (SSSR count). The standard InChI is InChI=1S/C23H27ClO7/c24-18-6-3-14(23-22(28)21(27)20(26)19(11-25)31-23)10-15(18)9-13-1-4-16(5-2-13)30-17-7-8-29-12-17/h1-6,10,17,19-23,25-28H,7-9,11-12H2/p+1/t17-,19+,20+,21-,22+,23-/m0/s1. The van der Waals surface area contributed by atoms with Crippen molar-refractivity contribution in [2.24, 2.45) is 0 Å². The summed E-state index contributed by atoms with van der Waals surface area (Å²) in [5, 5.41) is 40.5. The van der Waals surface area contributed by atoms with Crippen LogP contribution in [0.1, 0.15) is 29.2 Å². The van der Waals surface area contributed by atoms with Gasteiger partial charge in [-0.1, -0.05) is 35.9 Å².